The topological polar surface area (TPSA) is 110 Å². The Labute approximate surface area is 81.0 Å². The number of nitrogens with two attached hydrogens (primary N) is 2. The Morgan fingerprint density at radius 1 is 1.29 bits per heavy atom. The molecule has 0 saturated carbocycles. The predicted molar refractivity (Wildman–Crippen MR) is 52.9 cm³/mol. The van der Waals surface area contributed by atoms with E-state index >= 15 is 0 Å². The van der Waals surface area contributed by atoms with Crippen molar-refractivity contribution < 1.29 is 15.0 Å². The van der Waals surface area contributed by atoms with Gasteiger partial charge in [-0.1, -0.05) is 0 Å². The van der Waals surface area contributed by atoms with Gasteiger partial charge in [0.15, 0.2) is 0 Å². The van der Waals surface area contributed by atoms with Gasteiger partial charge in [-0.2, -0.15) is 0 Å². The Morgan fingerprint density at radius 2 is 1.86 bits per heavy atom. The van der Waals surface area contributed by atoms with Crippen molar-refractivity contribution in [3.63, 3.8) is 0 Å². The lowest BCUT2D eigenvalue weighted by molar-refractivity contribution is -0.136. The number of aliphatic carboxylic acids is 1. The molecule has 1 aromatic rings. The van der Waals surface area contributed by atoms with Crippen LogP contribution in [0.2, 0.25) is 0 Å². The van der Waals surface area contributed by atoms with Crippen molar-refractivity contribution in [3.05, 3.63) is 17.7 Å². The predicted octanol–water partition coefficient (Wildman–Crippen LogP) is 0.574. The summed E-state index contributed by atoms with van der Waals surface area (Å²) in [5.74, 6) is -0.933. The van der Waals surface area contributed by atoms with Gasteiger partial charge in [-0.25, -0.2) is 0 Å². The molecule has 0 aliphatic heterocycles. The summed E-state index contributed by atoms with van der Waals surface area (Å²) in [4.78, 5) is 10.3. The third-order valence-electron chi connectivity index (χ3n) is 1.89. The fourth-order valence-electron chi connectivity index (χ4n) is 1.11. The number of nitrogen functional groups attached to an aromatic ring is 2. The first kappa shape index (κ1) is 10.2. The largest absolute Gasteiger partial charge is 0.508 e. The molecule has 1 rings (SSSR count). The maximum absolute atomic E-state index is 10.3. The van der Waals surface area contributed by atoms with Crippen LogP contribution in [-0.4, -0.2) is 16.2 Å². The van der Waals surface area contributed by atoms with Crippen LogP contribution in [0.5, 0.6) is 5.75 Å². The highest BCUT2D eigenvalue weighted by Gasteiger charge is 2.07. The molecule has 6 N–H and O–H groups in total. The molecule has 5 nitrogen and oxygen atoms in total. The van der Waals surface area contributed by atoms with Crippen LogP contribution < -0.4 is 11.5 Å². The Kier molecular flexibility index (Phi) is 2.81. The minimum Gasteiger partial charge on any atom is -0.508 e. The molecule has 0 radical (unpaired) electrons. The van der Waals surface area contributed by atoms with Gasteiger partial charge in [-0.15, -0.1) is 0 Å². The molecule has 0 amide bonds. The van der Waals surface area contributed by atoms with Crippen molar-refractivity contribution in [2.45, 2.75) is 12.8 Å². The molecule has 0 heterocycles. The number of phenolic OH excluding ortho intramolecular Hbond substituents is 1. The highest BCUT2D eigenvalue weighted by atomic mass is 16.4. The summed E-state index contributed by atoms with van der Waals surface area (Å²) in [5.41, 5.74) is 12.1. The molecule has 5 heteroatoms. The van der Waals surface area contributed by atoms with Gasteiger partial charge in [0.25, 0.3) is 0 Å². The van der Waals surface area contributed by atoms with E-state index in [9.17, 15) is 9.90 Å². The van der Waals surface area contributed by atoms with Crippen LogP contribution in [0.3, 0.4) is 0 Å². The smallest absolute Gasteiger partial charge is 0.303 e. The number of anilines is 2. The molecular formula is C9H12N2O3. The van der Waals surface area contributed by atoms with Crippen LogP contribution >= 0.6 is 0 Å². The fraction of sp³-hybridized carbons (Fsp3) is 0.222. The summed E-state index contributed by atoms with van der Waals surface area (Å²) >= 11 is 0. The van der Waals surface area contributed by atoms with E-state index < -0.39 is 5.97 Å². The standard InChI is InChI=1S/C9H12N2O3/c10-6-3-5(1-2-9(13)14)8(12)4-7(6)11/h3-4,12H,1-2,10-11H2,(H,13,14). The first-order chi connectivity index (χ1) is 6.50. The monoisotopic (exact) mass is 196 g/mol. The van der Waals surface area contributed by atoms with Gasteiger partial charge >= 0.3 is 5.97 Å². The normalized spacial score (nSPS) is 10.0. The number of rotatable bonds is 3. The second-order valence-electron chi connectivity index (χ2n) is 3.00. The Bertz CT molecular complexity index is 363. The van der Waals surface area contributed by atoms with E-state index in [1.807, 2.05) is 0 Å². The van der Waals surface area contributed by atoms with E-state index in [0.29, 0.717) is 16.9 Å². The number of carbonyl (C=O) groups is 1. The Balaban J connectivity index is 2.87. The van der Waals surface area contributed by atoms with E-state index in [4.69, 9.17) is 16.6 Å². The Morgan fingerprint density at radius 3 is 2.43 bits per heavy atom. The summed E-state index contributed by atoms with van der Waals surface area (Å²) in [7, 11) is 0. The van der Waals surface area contributed by atoms with Crippen LogP contribution in [0.15, 0.2) is 12.1 Å². The average molecular weight is 196 g/mol. The van der Waals surface area contributed by atoms with Crippen LogP contribution in [0.4, 0.5) is 11.4 Å². The van der Waals surface area contributed by atoms with Crippen molar-refractivity contribution in [1.82, 2.24) is 0 Å². The van der Waals surface area contributed by atoms with E-state index in [0.717, 1.165) is 0 Å². The molecule has 0 spiro atoms. The zero-order valence-corrected chi connectivity index (χ0v) is 7.53. The first-order valence-corrected chi connectivity index (χ1v) is 4.09. The molecule has 0 aromatic heterocycles. The number of carboxylic acid groups (broad SMARTS) is 1. The molecular weight excluding hydrogens is 184 g/mol. The molecule has 76 valence electrons. The third-order valence-corrected chi connectivity index (χ3v) is 1.89. The first-order valence-electron chi connectivity index (χ1n) is 4.09. The Hall–Kier alpha value is -1.91. The van der Waals surface area contributed by atoms with E-state index in [1.165, 1.54) is 12.1 Å². The fourth-order valence-corrected chi connectivity index (χ4v) is 1.11. The lowest BCUT2D eigenvalue weighted by Crippen LogP contribution is -2.00. The molecule has 1 aromatic carbocycles. The van der Waals surface area contributed by atoms with Crippen molar-refractivity contribution in [2.75, 3.05) is 11.5 Å². The van der Waals surface area contributed by atoms with E-state index in [-0.39, 0.29) is 18.6 Å². The lowest BCUT2D eigenvalue weighted by atomic mass is 10.1. The maximum atomic E-state index is 10.3. The zero-order chi connectivity index (χ0) is 10.7. The summed E-state index contributed by atoms with van der Waals surface area (Å²) < 4.78 is 0. The zero-order valence-electron chi connectivity index (χ0n) is 7.53. The van der Waals surface area contributed by atoms with Crippen molar-refractivity contribution in [2.24, 2.45) is 0 Å². The van der Waals surface area contributed by atoms with Gasteiger partial charge in [0, 0.05) is 12.5 Å². The second-order valence-corrected chi connectivity index (χ2v) is 3.00. The molecule has 0 fully saturated rings. The lowest BCUT2D eigenvalue weighted by Gasteiger charge is -2.06. The molecule has 0 saturated heterocycles. The van der Waals surface area contributed by atoms with Gasteiger partial charge in [0.2, 0.25) is 0 Å². The highest BCUT2D eigenvalue weighted by molar-refractivity contribution is 5.70. The van der Waals surface area contributed by atoms with Crippen molar-refractivity contribution >= 4 is 17.3 Å². The molecule has 0 unspecified atom stereocenters. The number of hydrogen-bond donors (Lipinski definition) is 4. The third kappa shape index (κ3) is 2.29. The van der Waals surface area contributed by atoms with Gasteiger partial charge in [-0.3, -0.25) is 4.79 Å². The summed E-state index contributed by atoms with van der Waals surface area (Å²) in [6.07, 6.45) is 0.197. The number of aromatic hydroxyl groups is 1. The van der Waals surface area contributed by atoms with Crippen LogP contribution in [-0.2, 0) is 11.2 Å². The molecule has 0 bridgehead atoms. The summed E-state index contributed by atoms with van der Waals surface area (Å²) in [6, 6.07) is 2.82. The summed E-state index contributed by atoms with van der Waals surface area (Å²) in [6.45, 7) is 0. The van der Waals surface area contributed by atoms with E-state index in [2.05, 4.69) is 0 Å². The number of benzene rings is 1. The minimum absolute atomic E-state index is 0.0158. The number of aryl methyl sites for hydroxylation is 1. The summed E-state index contributed by atoms with van der Waals surface area (Å²) in [5, 5.41) is 17.9. The SMILES string of the molecule is Nc1cc(O)c(CCC(=O)O)cc1N. The van der Waals surface area contributed by atoms with Crippen LogP contribution in [0, 0.1) is 0 Å². The van der Waals surface area contributed by atoms with Crippen molar-refractivity contribution in [3.8, 4) is 5.75 Å². The molecule has 0 aliphatic rings. The van der Waals surface area contributed by atoms with Gasteiger partial charge < -0.3 is 21.7 Å². The van der Waals surface area contributed by atoms with Gasteiger partial charge in [-0.05, 0) is 18.1 Å². The van der Waals surface area contributed by atoms with Gasteiger partial charge in [0.05, 0.1) is 11.4 Å². The quantitative estimate of drug-likeness (QED) is 0.417. The van der Waals surface area contributed by atoms with E-state index in [1.54, 1.807) is 0 Å². The van der Waals surface area contributed by atoms with Gasteiger partial charge in [0.1, 0.15) is 5.75 Å². The average Bonchev–Trinajstić information content (AvgIpc) is 2.09. The number of carboxylic acids is 1. The van der Waals surface area contributed by atoms with Crippen molar-refractivity contribution in [1.29, 1.82) is 0 Å². The molecule has 0 aliphatic carbocycles. The second kappa shape index (κ2) is 3.87. The molecule has 0 atom stereocenters. The number of hydrogen-bond acceptors (Lipinski definition) is 4. The van der Waals surface area contributed by atoms with Crippen LogP contribution in [0.1, 0.15) is 12.0 Å². The van der Waals surface area contributed by atoms with Crippen LogP contribution in [0.25, 0.3) is 0 Å². The molecule has 14 heavy (non-hydrogen) atoms. The minimum atomic E-state index is -0.917. The maximum Gasteiger partial charge on any atom is 0.303 e. The highest BCUT2D eigenvalue weighted by Crippen LogP contribution is 2.26. The number of phenols is 1.